The molecule has 0 aliphatic carbocycles. The summed E-state index contributed by atoms with van der Waals surface area (Å²) in [6.45, 7) is 0.587. The van der Waals surface area contributed by atoms with Gasteiger partial charge in [0.05, 0.1) is 24.5 Å². The normalized spacial score (nSPS) is 10.7. The monoisotopic (exact) mass is 309 g/mol. The summed E-state index contributed by atoms with van der Waals surface area (Å²) >= 11 is 0. The number of hydrogen-bond acceptors (Lipinski definition) is 3. The molecule has 0 bridgehead atoms. The van der Waals surface area contributed by atoms with Crippen LogP contribution in [0.15, 0.2) is 48.8 Å². The van der Waals surface area contributed by atoms with Crippen molar-refractivity contribution in [3.8, 4) is 5.75 Å². The minimum Gasteiger partial charge on any atom is -0.497 e. The molecular formula is C18H19N3O2. The minimum absolute atomic E-state index is 0.0773. The average Bonchev–Trinajstić information content (AvgIpc) is 2.95. The van der Waals surface area contributed by atoms with Crippen LogP contribution in [-0.4, -0.2) is 29.1 Å². The topological polar surface area (TPSA) is 56.1 Å². The number of aromatic nitrogens is 2. The number of methoxy groups -OCH3 is 1. The SMILES string of the molecule is COc1ccc(C(=O)NCCc2ccc3c(c2)ncn3C)cc1. The van der Waals surface area contributed by atoms with Gasteiger partial charge in [-0.25, -0.2) is 4.98 Å². The van der Waals surface area contributed by atoms with Gasteiger partial charge in [-0.05, 0) is 48.4 Å². The molecular weight excluding hydrogens is 290 g/mol. The molecule has 0 saturated carbocycles. The van der Waals surface area contributed by atoms with Crippen LogP contribution in [0.1, 0.15) is 15.9 Å². The Bertz CT molecular complexity index is 822. The fraction of sp³-hybridized carbons (Fsp3) is 0.222. The molecule has 1 aromatic heterocycles. The summed E-state index contributed by atoms with van der Waals surface area (Å²) in [7, 11) is 3.58. The Kier molecular flexibility index (Phi) is 4.28. The van der Waals surface area contributed by atoms with E-state index in [1.165, 1.54) is 0 Å². The summed E-state index contributed by atoms with van der Waals surface area (Å²) in [6, 6.07) is 13.3. The lowest BCUT2D eigenvalue weighted by Crippen LogP contribution is -2.25. The van der Waals surface area contributed by atoms with Crippen molar-refractivity contribution in [1.29, 1.82) is 0 Å². The molecule has 0 aliphatic rings. The lowest BCUT2D eigenvalue weighted by Gasteiger charge is -2.06. The lowest BCUT2D eigenvalue weighted by molar-refractivity contribution is 0.0954. The van der Waals surface area contributed by atoms with Crippen LogP contribution in [-0.2, 0) is 13.5 Å². The summed E-state index contributed by atoms with van der Waals surface area (Å²) in [4.78, 5) is 16.4. The Labute approximate surface area is 134 Å². The Hall–Kier alpha value is -2.82. The molecule has 118 valence electrons. The zero-order chi connectivity index (χ0) is 16.2. The number of nitrogens with one attached hydrogen (secondary N) is 1. The van der Waals surface area contributed by atoms with E-state index in [0.717, 1.165) is 28.8 Å². The van der Waals surface area contributed by atoms with Gasteiger partial charge in [0, 0.05) is 19.2 Å². The van der Waals surface area contributed by atoms with E-state index in [9.17, 15) is 4.79 Å². The summed E-state index contributed by atoms with van der Waals surface area (Å²) < 4.78 is 7.08. The van der Waals surface area contributed by atoms with Crippen LogP contribution < -0.4 is 10.1 Å². The van der Waals surface area contributed by atoms with E-state index >= 15 is 0 Å². The van der Waals surface area contributed by atoms with Gasteiger partial charge in [0.1, 0.15) is 5.75 Å². The van der Waals surface area contributed by atoms with Gasteiger partial charge in [0.15, 0.2) is 0 Å². The van der Waals surface area contributed by atoms with Crippen LogP contribution in [0.2, 0.25) is 0 Å². The van der Waals surface area contributed by atoms with E-state index in [2.05, 4.69) is 28.5 Å². The van der Waals surface area contributed by atoms with Crippen molar-refractivity contribution < 1.29 is 9.53 Å². The number of benzene rings is 2. The Balaban J connectivity index is 1.57. The molecule has 0 aliphatic heterocycles. The number of aryl methyl sites for hydroxylation is 1. The maximum Gasteiger partial charge on any atom is 0.251 e. The summed E-state index contributed by atoms with van der Waals surface area (Å²) in [6.07, 6.45) is 2.58. The minimum atomic E-state index is -0.0773. The quantitative estimate of drug-likeness (QED) is 0.788. The highest BCUT2D eigenvalue weighted by Gasteiger charge is 2.06. The first-order chi connectivity index (χ1) is 11.2. The zero-order valence-electron chi connectivity index (χ0n) is 13.2. The number of rotatable bonds is 5. The molecule has 3 aromatic rings. The maximum absolute atomic E-state index is 12.1. The molecule has 1 N–H and O–H groups in total. The number of hydrogen-bond donors (Lipinski definition) is 1. The van der Waals surface area contributed by atoms with E-state index in [1.54, 1.807) is 37.7 Å². The highest BCUT2D eigenvalue weighted by Crippen LogP contribution is 2.14. The second-order valence-corrected chi connectivity index (χ2v) is 5.41. The number of ether oxygens (including phenoxy) is 1. The van der Waals surface area contributed by atoms with Crippen LogP contribution in [0.4, 0.5) is 0 Å². The van der Waals surface area contributed by atoms with E-state index in [-0.39, 0.29) is 5.91 Å². The Morgan fingerprint density at radius 2 is 2.00 bits per heavy atom. The van der Waals surface area contributed by atoms with Gasteiger partial charge in [-0.3, -0.25) is 4.79 Å². The fourth-order valence-electron chi connectivity index (χ4n) is 2.50. The number of fused-ring (bicyclic) bond motifs is 1. The molecule has 0 radical (unpaired) electrons. The largest absolute Gasteiger partial charge is 0.497 e. The summed E-state index contributed by atoms with van der Waals surface area (Å²) in [5.41, 5.74) is 3.87. The van der Waals surface area contributed by atoms with Crippen molar-refractivity contribution in [2.24, 2.45) is 7.05 Å². The molecule has 3 rings (SSSR count). The van der Waals surface area contributed by atoms with Crippen molar-refractivity contribution >= 4 is 16.9 Å². The first-order valence-electron chi connectivity index (χ1n) is 7.49. The molecule has 2 aromatic carbocycles. The predicted molar refractivity (Wildman–Crippen MR) is 89.7 cm³/mol. The molecule has 5 nitrogen and oxygen atoms in total. The van der Waals surface area contributed by atoms with Crippen LogP contribution >= 0.6 is 0 Å². The maximum atomic E-state index is 12.1. The van der Waals surface area contributed by atoms with Crippen LogP contribution in [0.5, 0.6) is 5.75 Å². The van der Waals surface area contributed by atoms with Crippen molar-refractivity contribution in [3.05, 3.63) is 59.9 Å². The molecule has 5 heteroatoms. The molecule has 0 saturated heterocycles. The molecule has 0 spiro atoms. The van der Waals surface area contributed by atoms with Crippen LogP contribution in [0, 0.1) is 0 Å². The van der Waals surface area contributed by atoms with E-state index in [0.29, 0.717) is 12.1 Å². The third-order valence-electron chi connectivity index (χ3n) is 3.84. The van der Waals surface area contributed by atoms with Gasteiger partial charge < -0.3 is 14.6 Å². The number of carbonyl (C=O) groups excluding carboxylic acids is 1. The molecule has 0 atom stereocenters. The Morgan fingerprint density at radius 1 is 1.22 bits per heavy atom. The first-order valence-corrected chi connectivity index (χ1v) is 7.49. The number of nitrogens with zero attached hydrogens (tertiary/aromatic N) is 2. The van der Waals surface area contributed by atoms with Gasteiger partial charge >= 0.3 is 0 Å². The second kappa shape index (κ2) is 6.52. The van der Waals surface area contributed by atoms with Gasteiger partial charge in [-0.1, -0.05) is 6.07 Å². The zero-order valence-corrected chi connectivity index (χ0v) is 13.2. The van der Waals surface area contributed by atoms with Gasteiger partial charge in [-0.2, -0.15) is 0 Å². The molecule has 23 heavy (non-hydrogen) atoms. The Morgan fingerprint density at radius 3 is 2.74 bits per heavy atom. The molecule has 0 unspecified atom stereocenters. The smallest absolute Gasteiger partial charge is 0.251 e. The number of imidazole rings is 1. The van der Waals surface area contributed by atoms with Gasteiger partial charge in [0.25, 0.3) is 5.91 Å². The lowest BCUT2D eigenvalue weighted by atomic mass is 10.1. The number of amides is 1. The summed E-state index contributed by atoms with van der Waals surface area (Å²) in [5, 5.41) is 2.93. The second-order valence-electron chi connectivity index (χ2n) is 5.41. The van der Waals surface area contributed by atoms with Crippen LogP contribution in [0.25, 0.3) is 11.0 Å². The average molecular weight is 309 g/mol. The molecule has 1 heterocycles. The third kappa shape index (κ3) is 3.34. The van der Waals surface area contributed by atoms with E-state index < -0.39 is 0 Å². The fourth-order valence-corrected chi connectivity index (χ4v) is 2.50. The van der Waals surface area contributed by atoms with Gasteiger partial charge in [0.2, 0.25) is 0 Å². The first kappa shape index (κ1) is 15.1. The standard InChI is InChI=1S/C18H19N3O2/c1-21-12-20-16-11-13(3-8-17(16)21)9-10-19-18(22)14-4-6-15(23-2)7-5-14/h3-8,11-12H,9-10H2,1-2H3,(H,19,22). The molecule has 0 fully saturated rings. The summed E-state index contributed by atoms with van der Waals surface area (Å²) in [5.74, 6) is 0.664. The third-order valence-corrected chi connectivity index (χ3v) is 3.84. The highest BCUT2D eigenvalue weighted by molar-refractivity contribution is 5.94. The predicted octanol–water partition coefficient (Wildman–Crippen LogP) is 2.55. The van der Waals surface area contributed by atoms with Crippen molar-refractivity contribution in [2.45, 2.75) is 6.42 Å². The van der Waals surface area contributed by atoms with Crippen molar-refractivity contribution in [2.75, 3.05) is 13.7 Å². The van der Waals surface area contributed by atoms with Crippen LogP contribution in [0.3, 0.4) is 0 Å². The molecule has 1 amide bonds. The van der Waals surface area contributed by atoms with E-state index in [4.69, 9.17) is 4.74 Å². The van der Waals surface area contributed by atoms with Gasteiger partial charge in [-0.15, -0.1) is 0 Å². The van der Waals surface area contributed by atoms with E-state index in [1.807, 2.05) is 11.6 Å². The number of carbonyl (C=O) groups is 1. The van der Waals surface area contributed by atoms with Crippen molar-refractivity contribution in [3.63, 3.8) is 0 Å². The highest BCUT2D eigenvalue weighted by atomic mass is 16.5. The van der Waals surface area contributed by atoms with Crippen molar-refractivity contribution in [1.82, 2.24) is 14.9 Å².